The Kier molecular flexibility index (Phi) is 6.22. The molecule has 0 spiro atoms. The first-order chi connectivity index (χ1) is 14.4. The van der Waals surface area contributed by atoms with Gasteiger partial charge in [0.2, 0.25) is 5.95 Å². The van der Waals surface area contributed by atoms with Crippen LogP contribution in [0.5, 0.6) is 11.5 Å². The molecule has 1 heterocycles. The fraction of sp³-hybridized carbons (Fsp3) is 0.150. The second kappa shape index (κ2) is 8.83. The zero-order valence-electron chi connectivity index (χ0n) is 16.3. The number of aryl methyl sites for hydroxylation is 1. The number of anilines is 3. The van der Waals surface area contributed by atoms with Crippen molar-refractivity contribution in [3.05, 3.63) is 53.3 Å². The minimum absolute atomic E-state index is 0.000550. The van der Waals surface area contributed by atoms with Gasteiger partial charge in [-0.2, -0.15) is 4.98 Å². The number of carbonyl (C=O) groups is 1. The largest absolute Gasteiger partial charge is 0.508 e. The second-order valence-electron chi connectivity index (χ2n) is 6.16. The molecule has 8 nitrogen and oxygen atoms in total. The Morgan fingerprint density at radius 2 is 1.97 bits per heavy atom. The maximum Gasteiger partial charge on any atom is 0.341 e. The smallest absolute Gasteiger partial charge is 0.341 e. The molecule has 0 amide bonds. The third-order valence-corrected chi connectivity index (χ3v) is 4.46. The van der Waals surface area contributed by atoms with E-state index in [4.69, 9.17) is 21.3 Å². The Balaban J connectivity index is 2.10. The minimum atomic E-state index is -0.768. The number of rotatable bonds is 6. The van der Waals surface area contributed by atoms with Crippen molar-refractivity contribution in [3.8, 4) is 22.8 Å². The fourth-order valence-corrected chi connectivity index (χ4v) is 2.93. The molecule has 2 aromatic carbocycles. The van der Waals surface area contributed by atoms with Gasteiger partial charge in [0.25, 0.3) is 0 Å². The number of nitrogens with one attached hydrogen (secondary N) is 2. The molecule has 0 saturated heterocycles. The lowest BCUT2D eigenvalue weighted by molar-refractivity contribution is 0.0597. The van der Waals surface area contributed by atoms with Crippen molar-refractivity contribution in [2.75, 3.05) is 24.4 Å². The molecule has 1 aromatic heterocycles. The molecule has 0 bridgehead atoms. The van der Waals surface area contributed by atoms with E-state index in [1.165, 1.54) is 32.4 Å². The molecular formula is C20H18ClFN4O4. The van der Waals surface area contributed by atoms with E-state index in [2.05, 4.69) is 20.1 Å². The summed E-state index contributed by atoms with van der Waals surface area (Å²) in [5, 5.41) is 12.6. The third-order valence-electron chi connectivity index (χ3n) is 4.28. The highest BCUT2D eigenvalue weighted by Gasteiger charge is 2.20. The van der Waals surface area contributed by atoms with Gasteiger partial charge in [0, 0.05) is 17.3 Å². The summed E-state index contributed by atoms with van der Waals surface area (Å²) in [4.78, 5) is 22.4. The van der Waals surface area contributed by atoms with E-state index in [0.29, 0.717) is 16.8 Å². The highest BCUT2D eigenvalue weighted by Crippen LogP contribution is 2.34. The lowest BCUT2D eigenvalue weighted by Crippen LogP contribution is -2.08. The number of phenolic OH excluding ortho intramolecular Hbond substituents is 1. The maximum absolute atomic E-state index is 14.8. The van der Waals surface area contributed by atoms with Crippen LogP contribution in [0.3, 0.4) is 0 Å². The van der Waals surface area contributed by atoms with E-state index in [1.807, 2.05) is 0 Å². The van der Waals surface area contributed by atoms with E-state index < -0.39 is 11.8 Å². The van der Waals surface area contributed by atoms with Crippen LogP contribution in [0, 0.1) is 12.7 Å². The van der Waals surface area contributed by atoms with Crippen molar-refractivity contribution in [1.82, 2.24) is 9.97 Å². The number of benzene rings is 2. The Morgan fingerprint density at radius 3 is 2.60 bits per heavy atom. The Labute approximate surface area is 176 Å². The standard InChI is InChI=1S/C20H18ClFN4O4/c1-10-9-11(7-8-14(10)27)16-15(22)18(26-21)25-20(24-16)23-13-6-4-5-12(17(13)29-2)19(28)30-3/h4-9,27H,1-3H3,(H2,23,24,25,26). The van der Waals surface area contributed by atoms with E-state index in [1.54, 1.807) is 25.1 Å². The average molecular weight is 433 g/mol. The van der Waals surface area contributed by atoms with Gasteiger partial charge in [-0.15, -0.1) is 0 Å². The first-order valence-electron chi connectivity index (χ1n) is 8.66. The summed E-state index contributed by atoms with van der Waals surface area (Å²) in [7, 11) is 2.66. The normalized spacial score (nSPS) is 10.4. The number of nitrogens with zero attached hydrogens (tertiary/aromatic N) is 2. The van der Waals surface area contributed by atoms with Crippen molar-refractivity contribution in [1.29, 1.82) is 0 Å². The predicted octanol–water partition coefficient (Wildman–Crippen LogP) is 4.40. The van der Waals surface area contributed by atoms with Crippen LogP contribution in [0.25, 0.3) is 11.3 Å². The zero-order valence-corrected chi connectivity index (χ0v) is 17.0. The van der Waals surface area contributed by atoms with Gasteiger partial charge in [0.1, 0.15) is 17.0 Å². The molecule has 0 aliphatic heterocycles. The van der Waals surface area contributed by atoms with Crippen molar-refractivity contribution in [3.63, 3.8) is 0 Å². The van der Waals surface area contributed by atoms with Gasteiger partial charge in [0.15, 0.2) is 17.4 Å². The Morgan fingerprint density at radius 1 is 1.20 bits per heavy atom. The molecule has 0 aliphatic carbocycles. The lowest BCUT2D eigenvalue weighted by atomic mass is 10.1. The van der Waals surface area contributed by atoms with Crippen LogP contribution in [0.15, 0.2) is 36.4 Å². The molecule has 156 valence electrons. The summed E-state index contributed by atoms with van der Waals surface area (Å²) < 4.78 is 24.9. The van der Waals surface area contributed by atoms with E-state index >= 15 is 0 Å². The molecule has 3 N–H and O–H groups in total. The van der Waals surface area contributed by atoms with Gasteiger partial charge in [-0.05, 0) is 42.8 Å². The molecule has 0 radical (unpaired) electrons. The number of methoxy groups -OCH3 is 2. The number of aromatic hydroxyl groups is 1. The number of ether oxygens (including phenoxy) is 2. The van der Waals surface area contributed by atoms with Crippen molar-refractivity contribution in [2.45, 2.75) is 6.92 Å². The molecular weight excluding hydrogens is 415 g/mol. The number of hydrogen-bond donors (Lipinski definition) is 3. The molecule has 0 unspecified atom stereocenters. The Bertz CT molecular complexity index is 1110. The SMILES string of the molecule is COC(=O)c1cccc(Nc2nc(NCl)c(F)c(-c3ccc(O)c(C)c3)n2)c1OC. The molecule has 3 aromatic rings. The summed E-state index contributed by atoms with van der Waals surface area (Å²) in [6.45, 7) is 1.68. The highest BCUT2D eigenvalue weighted by molar-refractivity contribution is 6.23. The van der Waals surface area contributed by atoms with Crippen LogP contribution in [0.4, 0.5) is 21.8 Å². The monoisotopic (exact) mass is 432 g/mol. The number of phenols is 1. The van der Waals surface area contributed by atoms with Gasteiger partial charge in [-0.3, -0.25) is 4.84 Å². The second-order valence-corrected chi connectivity index (χ2v) is 6.35. The molecule has 0 saturated carbocycles. The average Bonchev–Trinajstić information content (AvgIpc) is 2.76. The molecule has 3 rings (SSSR count). The molecule has 0 aliphatic rings. The number of esters is 1. The minimum Gasteiger partial charge on any atom is -0.508 e. The van der Waals surface area contributed by atoms with Crippen molar-refractivity contribution >= 4 is 35.2 Å². The van der Waals surface area contributed by atoms with Crippen LogP contribution < -0.4 is 14.9 Å². The van der Waals surface area contributed by atoms with E-state index in [-0.39, 0.29) is 34.5 Å². The number of aromatic nitrogens is 2. The fourth-order valence-electron chi connectivity index (χ4n) is 2.81. The van der Waals surface area contributed by atoms with E-state index in [9.17, 15) is 14.3 Å². The summed E-state index contributed by atoms with van der Waals surface area (Å²) in [6, 6.07) is 9.34. The van der Waals surface area contributed by atoms with Crippen LogP contribution in [-0.2, 0) is 4.74 Å². The predicted molar refractivity (Wildman–Crippen MR) is 111 cm³/mol. The lowest BCUT2D eigenvalue weighted by Gasteiger charge is -2.15. The highest BCUT2D eigenvalue weighted by atomic mass is 35.5. The van der Waals surface area contributed by atoms with Crippen LogP contribution >= 0.6 is 11.8 Å². The van der Waals surface area contributed by atoms with Gasteiger partial charge in [-0.1, -0.05) is 6.07 Å². The zero-order chi connectivity index (χ0) is 21.8. The maximum atomic E-state index is 14.8. The van der Waals surface area contributed by atoms with Gasteiger partial charge >= 0.3 is 5.97 Å². The van der Waals surface area contributed by atoms with Crippen molar-refractivity contribution in [2.24, 2.45) is 0 Å². The summed E-state index contributed by atoms with van der Waals surface area (Å²) in [6.07, 6.45) is 0. The molecule has 10 heteroatoms. The molecule has 0 atom stereocenters. The van der Waals surface area contributed by atoms with Crippen molar-refractivity contribution < 1.29 is 23.8 Å². The van der Waals surface area contributed by atoms with Crippen LogP contribution in [0.2, 0.25) is 0 Å². The summed E-state index contributed by atoms with van der Waals surface area (Å²) in [5.74, 6) is -1.32. The van der Waals surface area contributed by atoms with E-state index in [0.717, 1.165) is 0 Å². The van der Waals surface area contributed by atoms with Gasteiger partial charge in [-0.25, -0.2) is 14.2 Å². The van der Waals surface area contributed by atoms with Crippen LogP contribution in [0.1, 0.15) is 15.9 Å². The molecule has 30 heavy (non-hydrogen) atoms. The molecule has 0 fully saturated rings. The number of hydrogen-bond acceptors (Lipinski definition) is 8. The third kappa shape index (κ3) is 4.06. The number of para-hydroxylation sites is 1. The van der Waals surface area contributed by atoms with Gasteiger partial charge in [0.05, 0.1) is 19.9 Å². The summed E-state index contributed by atoms with van der Waals surface area (Å²) >= 11 is 5.63. The van der Waals surface area contributed by atoms with Crippen LogP contribution in [-0.4, -0.2) is 35.3 Å². The first-order valence-corrected chi connectivity index (χ1v) is 9.03. The summed E-state index contributed by atoms with van der Waals surface area (Å²) in [5.41, 5.74) is 1.48. The Hall–Kier alpha value is -3.59. The number of halogens is 2. The first kappa shape index (κ1) is 21.1. The quantitative estimate of drug-likeness (QED) is 0.388. The van der Waals surface area contributed by atoms with Gasteiger partial charge < -0.3 is 19.9 Å². The number of carbonyl (C=O) groups excluding carboxylic acids is 1. The topological polar surface area (TPSA) is 106 Å².